The van der Waals surface area contributed by atoms with Crippen molar-refractivity contribution >= 4 is 17.4 Å². The quantitative estimate of drug-likeness (QED) is 0.855. The van der Waals surface area contributed by atoms with Gasteiger partial charge in [-0.15, -0.1) is 0 Å². The Morgan fingerprint density at radius 1 is 1.28 bits per heavy atom. The number of fused-ring (bicyclic) bond motifs is 1. The summed E-state index contributed by atoms with van der Waals surface area (Å²) in [4.78, 5) is 25.6. The summed E-state index contributed by atoms with van der Waals surface area (Å²) >= 11 is 0. The molecule has 3 heterocycles. The van der Waals surface area contributed by atoms with E-state index >= 15 is 0 Å². The molecular weight excluding hydrogens is 316 g/mol. The van der Waals surface area contributed by atoms with Gasteiger partial charge in [0, 0.05) is 30.5 Å². The maximum absolute atomic E-state index is 13.0. The topological polar surface area (TPSA) is 58.6 Å². The van der Waals surface area contributed by atoms with E-state index in [1.807, 2.05) is 29.2 Å². The maximum Gasteiger partial charge on any atom is 0.257 e. The van der Waals surface area contributed by atoms with Gasteiger partial charge in [-0.05, 0) is 24.5 Å². The van der Waals surface area contributed by atoms with Crippen LogP contribution >= 0.6 is 0 Å². The lowest BCUT2D eigenvalue weighted by Crippen LogP contribution is -2.51. The van der Waals surface area contributed by atoms with Crippen LogP contribution in [0.5, 0.6) is 0 Å². The summed E-state index contributed by atoms with van der Waals surface area (Å²) in [5, 5.41) is 0. The van der Waals surface area contributed by atoms with Gasteiger partial charge in [0.2, 0.25) is 0 Å². The van der Waals surface area contributed by atoms with Crippen LogP contribution in [0.2, 0.25) is 0 Å². The van der Waals surface area contributed by atoms with Crippen molar-refractivity contribution in [1.82, 2.24) is 9.97 Å². The Hall–Kier alpha value is -2.47. The van der Waals surface area contributed by atoms with Crippen LogP contribution in [0.1, 0.15) is 18.2 Å². The summed E-state index contributed by atoms with van der Waals surface area (Å²) in [6.45, 7) is 4.59. The van der Waals surface area contributed by atoms with Crippen LogP contribution in [0.25, 0.3) is 0 Å². The molecule has 2 aromatic rings. The number of carbonyl (C=O) groups is 1. The summed E-state index contributed by atoms with van der Waals surface area (Å²) in [7, 11) is 0. The van der Waals surface area contributed by atoms with Gasteiger partial charge in [-0.3, -0.25) is 4.79 Å². The fourth-order valence-electron chi connectivity index (χ4n) is 3.50. The smallest absolute Gasteiger partial charge is 0.257 e. The van der Waals surface area contributed by atoms with E-state index in [1.165, 1.54) is 5.56 Å². The predicted octanol–water partition coefficient (Wildman–Crippen LogP) is 1.83. The van der Waals surface area contributed by atoms with E-state index in [4.69, 9.17) is 4.74 Å². The molecule has 0 spiro atoms. The number of amides is 1. The number of para-hydroxylation sites is 1. The van der Waals surface area contributed by atoms with E-state index in [9.17, 15) is 4.79 Å². The van der Waals surface area contributed by atoms with Gasteiger partial charge in [0.25, 0.3) is 5.91 Å². The number of anilines is 2. The first-order valence-electron chi connectivity index (χ1n) is 8.83. The van der Waals surface area contributed by atoms with Crippen molar-refractivity contribution in [2.24, 2.45) is 0 Å². The summed E-state index contributed by atoms with van der Waals surface area (Å²) in [5.74, 6) is 0.911. The van der Waals surface area contributed by atoms with E-state index in [0.29, 0.717) is 13.2 Å². The highest BCUT2D eigenvalue weighted by atomic mass is 16.5. The number of hydrogen-bond acceptors (Lipinski definition) is 5. The van der Waals surface area contributed by atoms with Crippen molar-refractivity contribution < 1.29 is 9.53 Å². The minimum absolute atomic E-state index is 0.0411. The summed E-state index contributed by atoms with van der Waals surface area (Å²) < 4.78 is 5.80. The highest BCUT2D eigenvalue weighted by Gasteiger charge is 2.34. The molecular formula is C19H22N4O2. The highest BCUT2D eigenvalue weighted by molar-refractivity contribution is 5.98. The molecule has 0 saturated carbocycles. The third-order valence-electron chi connectivity index (χ3n) is 4.89. The number of morpholine rings is 1. The molecule has 2 aliphatic heterocycles. The molecule has 1 aromatic heterocycles. The van der Waals surface area contributed by atoms with Crippen LogP contribution in [0.15, 0.2) is 36.7 Å². The molecule has 4 rings (SSSR count). The molecule has 25 heavy (non-hydrogen) atoms. The zero-order chi connectivity index (χ0) is 17.2. The Morgan fingerprint density at radius 3 is 3.04 bits per heavy atom. The van der Waals surface area contributed by atoms with Gasteiger partial charge in [0.05, 0.1) is 13.2 Å². The number of nitrogens with zero attached hydrogens (tertiary/aromatic N) is 4. The Labute approximate surface area is 147 Å². The molecule has 1 fully saturated rings. The SMILES string of the molecule is CCc1cc(N2CCOC(C(=O)N3CCc4ccccc43)C2)ncn1. The highest BCUT2D eigenvalue weighted by Crippen LogP contribution is 2.29. The van der Waals surface area contributed by atoms with Gasteiger partial charge in [-0.2, -0.15) is 0 Å². The second-order valence-corrected chi connectivity index (χ2v) is 6.40. The van der Waals surface area contributed by atoms with Crippen LogP contribution in [-0.4, -0.2) is 48.2 Å². The van der Waals surface area contributed by atoms with Crippen molar-refractivity contribution in [3.05, 3.63) is 47.9 Å². The average molecular weight is 338 g/mol. The second kappa shape index (κ2) is 6.80. The lowest BCUT2D eigenvalue weighted by atomic mass is 10.2. The lowest BCUT2D eigenvalue weighted by molar-refractivity contribution is -0.130. The first kappa shape index (κ1) is 16.0. The van der Waals surface area contributed by atoms with Gasteiger partial charge >= 0.3 is 0 Å². The fourth-order valence-corrected chi connectivity index (χ4v) is 3.50. The molecule has 0 bridgehead atoms. The summed E-state index contributed by atoms with van der Waals surface area (Å²) in [5.41, 5.74) is 3.25. The zero-order valence-electron chi connectivity index (χ0n) is 14.4. The van der Waals surface area contributed by atoms with Crippen LogP contribution in [0, 0.1) is 0 Å². The van der Waals surface area contributed by atoms with Gasteiger partial charge in [-0.25, -0.2) is 9.97 Å². The molecule has 0 N–H and O–H groups in total. The number of benzene rings is 1. The normalized spacial score (nSPS) is 19.8. The van der Waals surface area contributed by atoms with E-state index in [1.54, 1.807) is 6.33 Å². The van der Waals surface area contributed by atoms with E-state index in [2.05, 4.69) is 27.9 Å². The molecule has 1 amide bonds. The summed E-state index contributed by atoms with van der Waals surface area (Å²) in [6, 6.07) is 10.1. The molecule has 0 radical (unpaired) electrons. The predicted molar refractivity (Wildman–Crippen MR) is 95.9 cm³/mol. The average Bonchev–Trinajstić information content (AvgIpc) is 3.11. The molecule has 1 aromatic carbocycles. The Balaban J connectivity index is 1.50. The van der Waals surface area contributed by atoms with E-state index < -0.39 is 6.10 Å². The number of carbonyl (C=O) groups excluding carboxylic acids is 1. The van der Waals surface area contributed by atoms with Crippen LogP contribution < -0.4 is 9.80 Å². The number of hydrogen-bond donors (Lipinski definition) is 0. The van der Waals surface area contributed by atoms with Crippen molar-refractivity contribution in [1.29, 1.82) is 0 Å². The summed E-state index contributed by atoms with van der Waals surface area (Å²) in [6.07, 6.45) is 2.91. The monoisotopic (exact) mass is 338 g/mol. The van der Waals surface area contributed by atoms with E-state index in [-0.39, 0.29) is 5.91 Å². The van der Waals surface area contributed by atoms with Crippen LogP contribution in [0.4, 0.5) is 11.5 Å². The Morgan fingerprint density at radius 2 is 2.16 bits per heavy atom. The Kier molecular flexibility index (Phi) is 4.36. The molecule has 2 aliphatic rings. The van der Waals surface area contributed by atoms with Crippen molar-refractivity contribution in [3.8, 4) is 0 Å². The molecule has 1 atom stereocenters. The molecule has 130 valence electrons. The maximum atomic E-state index is 13.0. The third-order valence-corrected chi connectivity index (χ3v) is 4.89. The van der Waals surface area contributed by atoms with Crippen molar-refractivity contribution in [2.45, 2.75) is 25.9 Å². The van der Waals surface area contributed by atoms with Gasteiger partial charge in [-0.1, -0.05) is 25.1 Å². The fraction of sp³-hybridized carbons (Fsp3) is 0.421. The standard InChI is InChI=1S/C19H22N4O2/c1-2-15-11-18(21-13-20-15)22-9-10-25-17(12-22)19(24)23-8-7-14-5-3-4-6-16(14)23/h3-6,11,13,17H,2,7-10,12H2,1H3. The number of ether oxygens (including phenoxy) is 1. The molecule has 6 heteroatoms. The lowest BCUT2D eigenvalue weighted by Gasteiger charge is -2.34. The largest absolute Gasteiger partial charge is 0.365 e. The minimum atomic E-state index is -0.458. The number of aromatic nitrogens is 2. The van der Waals surface area contributed by atoms with Crippen molar-refractivity contribution in [3.63, 3.8) is 0 Å². The molecule has 6 nitrogen and oxygen atoms in total. The zero-order valence-corrected chi connectivity index (χ0v) is 14.4. The third kappa shape index (κ3) is 3.09. The van der Waals surface area contributed by atoms with Gasteiger partial charge < -0.3 is 14.5 Å². The second-order valence-electron chi connectivity index (χ2n) is 6.40. The molecule has 1 unspecified atom stereocenters. The van der Waals surface area contributed by atoms with Gasteiger partial charge in [0.15, 0.2) is 6.10 Å². The van der Waals surface area contributed by atoms with Crippen molar-refractivity contribution in [2.75, 3.05) is 36.0 Å². The first-order chi connectivity index (χ1) is 12.3. The van der Waals surface area contributed by atoms with Gasteiger partial charge in [0.1, 0.15) is 12.1 Å². The van der Waals surface area contributed by atoms with Crippen LogP contribution in [0.3, 0.4) is 0 Å². The number of rotatable bonds is 3. The molecule has 1 saturated heterocycles. The first-order valence-corrected chi connectivity index (χ1v) is 8.83. The Bertz CT molecular complexity index is 780. The van der Waals surface area contributed by atoms with Crippen LogP contribution in [-0.2, 0) is 22.4 Å². The minimum Gasteiger partial charge on any atom is -0.365 e. The molecule has 0 aliphatic carbocycles. The number of aryl methyl sites for hydroxylation is 1. The van der Waals surface area contributed by atoms with E-state index in [0.717, 1.165) is 43.1 Å².